The molecule has 27 heavy (non-hydrogen) atoms. The van der Waals surface area contributed by atoms with Crippen LogP contribution in [-0.2, 0) is 17.8 Å². The average molecular weight is 367 g/mol. The van der Waals surface area contributed by atoms with Crippen molar-refractivity contribution in [3.63, 3.8) is 0 Å². The lowest BCUT2D eigenvalue weighted by molar-refractivity contribution is -0.132. The van der Waals surface area contributed by atoms with Crippen LogP contribution in [0.5, 0.6) is 11.5 Å². The van der Waals surface area contributed by atoms with Crippen LogP contribution in [0.3, 0.4) is 0 Å². The summed E-state index contributed by atoms with van der Waals surface area (Å²) in [7, 11) is 3.24. The first-order valence-corrected chi connectivity index (χ1v) is 9.21. The summed E-state index contributed by atoms with van der Waals surface area (Å²) in [4.78, 5) is 26.7. The van der Waals surface area contributed by atoms with E-state index in [1.165, 1.54) is 5.56 Å². The predicted octanol–water partition coefficient (Wildman–Crippen LogP) is 3.64. The van der Waals surface area contributed by atoms with Gasteiger partial charge in [-0.15, -0.1) is 0 Å². The fourth-order valence-corrected chi connectivity index (χ4v) is 3.35. The number of hydrogen-bond acceptors (Lipinski definition) is 4. The number of rotatable bonds is 7. The van der Waals surface area contributed by atoms with Gasteiger partial charge < -0.3 is 14.4 Å². The predicted molar refractivity (Wildman–Crippen MR) is 103 cm³/mol. The van der Waals surface area contributed by atoms with E-state index < -0.39 is 0 Å². The Bertz CT molecular complexity index is 814. The average Bonchev–Trinajstić information content (AvgIpc) is 2.72. The van der Waals surface area contributed by atoms with Crippen LogP contribution in [0.1, 0.15) is 40.7 Å². The molecule has 1 aliphatic rings. The van der Waals surface area contributed by atoms with E-state index in [1.54, 1.807) is 38.5 Å². The highest BCUT2D eigenvalue weighted by molar-refractivity contribution is 5.96. The molecular weight excluding hydrogens is 342 g/mol. The van der Waals surface area contributed by atoms with E-state index in [0.29, 0.717) is 31.4 Å². The maximum Gasteiger partial charge on any atom is 0.222 e. The van der Waals surface area contributed by atoms with E-state index >= 15 is 0 Å². The fraction of sp³-hybridized carbons (Fsp3) is 0.364. The van der Waals surface area contributed by atoms with Crippen molar-refractivity contribution in [1.29, 1.82) is 0 Å². The minimum absolute atomic E-state index is 0.0548. The number of benzene rings is 2. The lowest BCUT2D eigenvalue weighted by atomic mass is 9.98. The molecule has 0 N–H and O–H groups in total. The molecule has 2 aromatic carbocycles. The standard InChI is InChI=1S/C22H25NO4/c1-26-19-9-7-17(8-10-19)21(24)4-3-5-22(25)23-13-12-16-6-11-20(27-2)14-18(16)15-23/h6-11,14H,3-5,12-13,15H2,1-2H3. The Labute approximate surface area is 159 Å². The fourth-order valence-electron chi connectivity index (χ4n) is 3.35. The molecule has 1 amide bonds. The number of carbonyl (C=O) groups excluding carboxylic acids is 2. The molecule has 3 rings (SSSR count). The molecule has 5 nitrogen and oxygen atoms in total. The summed E-state index contributed by atoms with van der Waals surface area (Å²) in [5.74, 6) is 1.70. The van der Waals surface area contributed by atoms with Crippen molar-refractivity contribution in [2.75, 3.05) is 20.8 Å². The lowest BCUT2D eigenvalue weighted by Gasteiger charge is -2.29. The van der Waals surface area contributed by atoms with Crippen LogP contribution >= 0.6 is 0 Å². The SMILES string of the molecule is COc1ccc(C(=O)CCCC(=O)N2CCc3ccc(OC)cc3C2)cc1. The Hall–Kier alpha value is -2.82. The first kappa shape index (κ1) is 19.0. The number of hydrogen-bond donors (Lipinski definition) is 0. The third kappa shape index (κ3) is 4.67. The van der Waals surface area contributed by atoms with Gasteiger partial charge in [-0.25, -0.2) is 0 Å². The van der Waals surface area contributed by atoms with Crippen LogP contribution in [0.4, 0.5) is 0 Å². The number of ether oxygens (including phenoxy) is 2. The van der Waals surface area contributed by atoms with Crippen molar-refractivity contribution >= 4 is 11.7 Å². The topological polar surface area (TPSA) is 55.8 Å². The molecule has 0 unspecified atom stereocenters. The molecule has 0 aliphatic carbocycles. The summed E-state index contributed by atoms with van der Waals surface area (Å²) in [6, 6.07) is 13.1. The molecule has 1 aliphatic heterocycles. The Balaban J connectivity index is 1.49. The second-order valence-corrected chi connectivity index (χ2v) is 6.71. The molecule has 1 heterocycles. The van der Waals surface area contributed by atoms with E-state index in [1.807, 2.05) is 17.0 Å². The quantitative estimate of drug-likeness (QED) is 0.701. The molecule has 0 spiro atoms. The van der Waals surface area contributed by atoms with Crippen LogP contribution in [0.2, 0.25) is 0 Å². The van der Waals surface area contributed by atoms with E-state index in [-0.39, 0.29) is 11.7 Å². The minimum Gasteiger partial charge on any atom is -0.497 e. The van der Waals surface area contributed by atoms with Crippen molar-refractivity contribution < 1.29 is 19.1 Å². The van der Waals surface area contributed by atoms with Crippen molar-refractivity contribution in [3.05, 3.63) is 59.2 Å². The number of Topliss-reactive ketones (excluding diaryl/α,β-unsaturated/α-hetero) is 1. The van der Waals surface area contributed by atoms with Crippen LogP contribution in [-0.4, -0.2) is 37.4 Å². The molecule has 142 valence electrons. The summed E-state index contributed by atoms with van der Waals surface area (Å²) in [5.41, 5.74) is 3.07. The monoisotopic (exact) mass is 367 g/mol. The molecule has 0 atom stereocenters. The summed E-state index contributed by atoms with van der Waals surface area (Å²) < 4.78 is 10.4. The number of amides is 1. The van der Waals surface area contributed by atoms with Gasteiger partial charge in [-0.05, 0) is 60.4 Å². The maximum absolute atomic E-state index is 12.5. The maximum atomic E-state index is 12.5. The van der Waals surface area contributed by atoms with Crippen LogP contribution < -0.4 is 9.47 Å². The van der Waals surface area contributed by atoms with Gasteiger partial charge in [0, 0.05) is 31.5 Å². The van der Waals surface area contributed by atoms with E-state index in [4.69, 9.17) is 9.47 Å². The second kappa shape index (κ2) is 8.71. The smallest absolute Gasteiger partial charge is 0.222 e. The highest BCUT2D eigenvalue weighted by Crippen LogP contribution is 2.24. The normalized spacial score (nSPS) is 13.0. The third-order valence-corrected chi connectivity index (χ3v) is 4.98. The molecule has 0 radical (unpaired) electrons. The van der Waals surface area contributed by atoms with Gasteiger partial charge >= 0.3 is 0 Å². The lowest BCUT2D eigenvalue weighted by Crippen LogP contribution is -2.35. The van der Waals surface area contributed by atoms with Crippen LogP contribution in [0, 0.1) is 0 Å². The zero-order valence-electron chi connectivity index (χ0n) is 15.9. The summed E-state index contributed by atoms with van der Waals surface area (Å²) in [6.45, 7) is 1.34. The molecule has 5 heteroatoms. The highest BCUT2D eigenvalue weighted by atomic mass is 16.5. The van der Waals surface area contributed by atoms with Gasteiger partial charge in [0.2, 0.25) is 5.91 Å². The number of ketones is 1. The molecule has 2 aromatic rings. The molecule has 0 bridgehead atoms. The zero-order chi connectivity index (χ0) is 19.2. The number of nitrogens with zero attached hydrogens (tertiary/aromatic N) is 1. The number of fused-ring (bicyclic) bond motifs is 1. The first-order chi connectivity index (χ1) is 13.1. The van der Waals surface area contributed by atoms with Crippen molar-refractivity contribution in [3.8, 4) is 11.5 Å². The van der Waals surface area contributed by atoms with Gasteiger partial charge in [0.25, 0.3) is 0 Å². The van der Waals surface area contributed by atoms with Crippen LogP contribution in [0.15, 0.2) is 42.5 Å². The highest BCUT2D eigenvalue weighted by Gasteiger charge is 2.21. The van der Waals surface area contributed by atoms with E-state index in [2.05, 4.69) is 6.07 Å². The largest absolute Gasteiger partial charge is 0.497 e. The summed E-state index contributed by atoms with van der Waals surface area (Å²) in [6.07, 6.45) is 2.18. The van der Waals surface area contributed by atoms with Gasteiger partial charge in [0.1, 0.15) is 11.5 Å². The minimum atomic E-state index is 0.0548. The Morgan fingerprint density at radius 3 is 2.33 bits per heavy atom. The number of methoxy groups -OCH3 is 2. The molecule has 0 saturated heterocycles. The van der Waals surface area contributed by atoms with Gasteiger partial charge in [0.05, 0.1) is 14.2 Å². The first-order valence-electron chi connectivity index (χ1n) is 9.21. The van der Waals surface area contributed by atoms with Gasteiger partial charge in [-0.1, -0.05) is 6.07 Å². The molecule has 0 aromatic heterocycles. The Kier molecular flexibility index (Phi) is 6.12. The van der Waals surface area contributed by atoms with Crippen LogP contribution in [0.25, 0.3) is 0 Å². The summed E-state index contributed by atoms with van der Waals surface area (Å²) >= 11 is 0. The van der Waals surface area contributed by atoms with Crippen molar-refractivity contribution in [2.45, 2.75) is 32.2 Å². The molecule has 0 fully saturated rings. The molecule has 0 saturated carbocycles. The zero-order valence-corrected chi connectivity index (χ0v) is 15.9. The second-order valence-electron chi connectivity index (χ2n) is 6.71. The molecular formula is C22H25NO4. The van der Waals surface area contributed by atoms with Gasteiger partial charge in [0.15, 0.2) is 5.78 Å². The van der Waals surface area contributed by atoms with Gasteiger partial charge in [-0.2, -0.15) is 0 Å². The number of carbonyl (C=O) groups is 2. The van der Waals surface area contributed by atoms with Gasteiger partial charge in [-0.3, -0.25) is 9.59 Å². The third-order valence-electron chi connectivity index (χ3n) is 4.98. The van der Waals surface area contributed by atoms with Crippen molar-refractivity contribution in [2.24, 2.45) is 0 Å². The van der Waals surface area contributed by atoms with Crippen molar-refractivity contribution in [1.82, 2.24) is 4.90 Å². The Morgan fingerprint density at radius 2 is 1.63 bits per heavy atom. The van der Waals surface area contributed by atoms with E-state index in [0.717, 1.165) is 30.0 Å². The Morgan fingerprint density at radius 1 is 0.926 bits per heavy atom. The summed E-state index contributed by atoms with van der Waals surface area (Å²) in [5, 5.41) is 0. The van der Waals surface area contributed by atoms with E-state index in [9.17, 15) is 9.59 Å².